The van der Waals surface area contributed by atoms with E-state index in [0.717, 1.165) is 19.3 Å². The van der Waals surface area contributed by atoms with Gasteiger partial charge in [0.15, 0.2) is 0 Å². The van der Waals surface area contributed by atoms with E-state index in [4.69, 9.17) is 10.00 Å². The van der Waals surface area contributed by atoms with Gasteiger partial charge in [0.1, 0.15) is 5.75 Å². The highest BCUT2D eigenvalue weighted by Gasteiger charge is 2.36. The monoisotopic (exact) mass is 285 g/mol. The molecule has 1 aliphatic carbocycles. The molecule has 112 valence electrons. The van der Waals surface area contributed by atoms with Crippen LogP contribution >= 0.6 is 0 Å². The van der Waals surface area contributed by atoms with Crippen molar-refractivity contribution in [2.24, 2.45) is 17.8 Å². The van der Waals surface area contributed by atoms with Crippen LogP contribution in [0.2, 0.25) is 0 Å². The van der Waals surface area contributed by atoms with Crippen molar-refractivity contribution in [1.29, 1.82) is 5.26 Å². The van der Waals surface area contributed by atoms with Gasteiger partial charge in [-0.3, -0.25) is 4.79 Å². The van der Waals surface area contributed by atoms with E-state index in [0.29, 0.717) is 36.3 Å². The lowest BCUT2D eigenvalue weighted by atomic mass is 9.83. The van der Waals surface area contributed by atoms with Crippen LogP contribution in [0.4, 0.5) is 0 Å². The molecule has 1 aromatic carbocycles. The maximum absolute atomic E-state index is 12.2. The van der Waals surface area contributed by atoms with Gasteiger partial charge in [-0.05, 0) is 49.1 Å². The van der Waals surface area contributed by atoms with Gasteiger partial charge in [-0.15, -0.1) is 0 Å². The molecule has 3 heteroatoms. The Balaban J connectivity index is 1.94. The summed E-state index contributed by atoms with van der Waals surface area (Å²) in [4.78, 5) is 12.2. The van der Waals surface area contributed by atoms with E-state index in [9.17, 15) is 4.79 Å². The van der Waals surface area contributed by atoms with Gasteiger partial charge in [0.05, 0.1) is 6.07 Å². The van der Waals surface area contributed by atoms with Crippen molar-refractivity contribution in [3.8, 4) is 11.8 Å². The topological polar surface area (TPSA) is 50.1 Å². The Morgan fingerprint density at radius 1 is 1.29 bits per heavy atom. The molecule has 3 atom stereocenters. The fraction of sp³-hybridized carbons (Fsp3) is 0.556. The summed E-state index contributed by atoms with van der Waals surface area (Å²) in [5.74, 6) is 1.94. The molecule has 0 N–H and O–H groups in total. The maximum atomic E-state index is 12.2. The van der Waals surface area contributed by atoms with Crippen molar-refractivity contribution in [3.05, 3.63) is 30.3 Å². The summed E-state index contributed by atoms with van der Waals surface area (Å²) in [5, 5.41) is 8.77. The molecule has 0 amide bonds. The number of para-hydroxylation sites is 1. The Kier molecular flexibility index (Phi) is 5.80. The minimum Gasteiger partial charge on any atom is -0.427 e. The molecule has 0 aliphatic heterocycles. The summed E-state index contributed by atoms with van der Waals surface area (Å²) in [6.45, 7) is 2.19. The molecule has 2 rings (SSSR count). The minimum absolute atomic E-state index is 0.145. The maximum Gasteiger partial charge on any atom is 0.311 e. The molecule has 0 radical (unpaired) electrons. The minimum atomic E-state index is -0.145. The van der Waals surface area contributed by atoms with Crippen LogP contribution in [0.3, 0.4) is 0 Å². The first-order valence-corrected chi connectivity index (χ1v) is 7.87. The molecule has 1 aliphatic rings. The number of rotatable bonds is 6. The van der Waals surface area contributed by atoms with Crippen molar-refractivity contribution in [3.63, 3.8) is 0 Å². The molecule has 1 fully saturated rings. The number of carbonyl (C=O) groups is 1. The van der Waals surface area contributed by atoms with Crippen molar-refractivity contribution in [1.82, 2.24) is 0 Å². The Hall–Kier alpha value is -1.82. The third kappa shape index (κ3) is 4.32. The van der Waals surface area contributed by atoms with E-state index in [2.05, 4.69) is 13.0 Å². The lowest BCUT2D eigenvalue weighted by Crippen LogP contribution is -2.21. The van der Waals surface area contributed by atoms with Crippen LogP contribution in [-0.4, -0.2) is 5.97 Å². The smallest absolute Gasteiger partial charge is 0.311 e. The van der Waals surface area contributed by atoms with Gasteiger partial charge in [-0.2, -0.15) is 5.26 Å². The van der Waals surface area contributed by atoms with Gasteiger partial charge in [0, 0.05) is 12.8 Å². The lowest BCUT2D eigenvalue weighted by molar-refractivity contribution is -0.136. The second-order valence-corrected chi connectivity index (χ2v) is 5.86. The van der Waals surface area contributed by atoms with E-state index in [1.165, 1.54) is 6.42 Å². The quantitative estimate of drug-likeness (QED) is 0.577. The first-order valence-electron chi connectivity index (χ1n) is 7.87. The van der Waals surface area contributed by atoms with E-state index in [1.807, 2.05) is 18.2 Å². The molecule has 21 heavy (non-hydrogen) atoms. The molecule has 0 saturated heterocycles. The summed E-state index contributed by atoms with van der Waals surface area (Å²) in [5.41, 5.74) is 0. The molecule has 1 saturated carbocycles. The average Bonchev–Trinajstić information content (AvgIpc) is 2.88. The van der Waals surface area contributed by atoms with E-state index in [-0.39, 0.29) is 5.97 Å². The average molecular weight is 285 g/mol. The van der Waals surface area contributed by atoms with Crippen LogP contribution < -0.4 is 4.74 Å². The second kappa shape index (κ2) is 7.83. The number of nitrogens with zero attached hydrogens (tertiary/aromatic N) is 1. The number of nitriles is 1. The highest BCUT2D eigenvalue weighted by atomic mass is 16.5. The van der Waals surface area contributed by atoms with E-state index in [1.54, 1.807) is 12.1 Å². The molecule has 1 aromatic rings. The number of carbonyl (C=O) groups excluding carboxylic acids is 1. The van der Waals surface area contributed by atoms with Crippen LogP contribution in [0.15, 0.2) is 30.3 Å². The number of hydrogen-bond donors (Lipinski definition) is 0. The Morgan fingerprint density at radius 2 is 2.00 bits per heavy atom. The van der Waals surface area contributed by atoms with Crippen LogP contribution in [-0.2, 0) is 4.79 Å². The van der Waals surface area contributed by atoms with Gasteiger partial charge in [-0.1, -0.05) is 31.5 Å². The number of hydrogen-bond acceptors (Lipinski definition) is 3. The van der Waals surface area contributed by atoms with E-state index >= 15 is 0 Å². The molecule has 0 bridgehead atoms. The van der Waals surface area contributed by atoms with Gasteiger partial charge < -0.3 is 4.74 Å². The Bertz CT molecular complexity index is 492. The number of benzene rings is 1. The van der Waals surface area contributed by atoms with Crippen LogP contribution in [0.1, 0.15) is 45.4 Å². The van der Waals surface area contributed by atoms with Crippen LogP contribution in [0.25, 0.3) is 0 Å². The van der Waals surface area contributed by atoms with Crippen LogP contribution in [0, 0.1) is 29.1 Å². The summed E-state index contributed by atoms with van der Waals surface area (Å²) in [6.07, 6.45) is 5.40. The molecular formula is C18H23NO2. The normalized spacial score (nSPS) is 24.5. The fourth-order valence-electron chi connectivity index (χ4n) is 3.54. The molecule has 0 heterocycles. The summed E-state index contributed by atoms with van der Waals surface area (Å²) in [6, 6.07) is 11.5. The van der Waals surface area contributed by atoms with Crippen LogP contribution in [0.5, 0.6) is 5.75 Å². The van der Waals surface area contributed by atoms with Gasteiger partial charge in [0.25, 0.3) is 0 Å². The first-order chi connectivity index (χ1) is 10.2. The fourth-order valence-corrected chi connectivity index (χ4v) is 3.54. The second-order valence-electron chi connectivity index (χ2n) is 5.86. The van der Waals surface area contributed by atoms with E-state index < -0.39 is 0 Å². The Morgan fingerprint density at radius 3 is 2.67 bits per heavy atom. The Labute approximate surface area is 126 Å². The summed E-state index contributed by atoms with van der Waals surface area (Å²) in [7, 11) is 0. The van der Waals surface area contributed by atoms with Crippen molar-refractivity contribution in [2.75, 3.05) is 0 Å². The first kappa shape index (κ1) is 15.6. The standard InChI is InChI=1S/C18H23NO2/c1-2-14-10-11-15(7-6-12-19)17(14)13-18(20)21-16-8-4-3-5-9-16/h3-5,8-9,14-15,17H,2,6-7,10-11,13H2,1H3. The van der Waals surface area contributed by atoms with Crippen molar-refractivity contribution in [2.45, 2.75) is 45.4 Å². The SMILES string of the molecule is CCC1CCC(CCC#N)C1CC(=O)Oc1ccccc1. The summed E-state index contributed by atoms with van der Waals surface area (Å²) < 4.78 is 5.42. The largest absolute Gasteiger partial charge is 0.427 e. The lowest BCUT2D eigenvalue weighted by Gasteiger charge is -2.23. The zero-order valence-corrected chi connectivity index (χ0v) is 12.6. The highest BCUT2D eigenvalue weighted by Crippen LogP contribution is 2.43. The zero-order valence-electron chi connectivity index (χ0n) is 12.6. The molecular weight excluding hydrogens is 262 g/mol. The highest BCUT2D eigenvalue weighted by molar-refractivity contribution is 5.72. The zero-order chi connectivity index (χ0) is 15.1. The van der Waals surface area contributed by atoms with Gasteiger partial charge >= 0.3 is 5.97 Å². The van der Waals surface area contributed by atoms with Gasteiger partial charge in [-0.25, -0.2) is 0 Å². The van der Waals surface area contributed by atoms with Crippen molar-refractivity contribution >= 4 is 5.97 Å². The predicted molar refractivity (Wildman–Crippen MR) is 81.5 cm³/mol. The third-order valence-corrected chi connectivity index (χ3v) is 4.65. The molecule has 3 unspecified atom stereocenters. The molecule has 3 nitrogen and oxygen atoms in total. The number of esters is 1. The number of ether oxygens (including phenoxy) is 1. The predicted octanol–water partition coefficient (Wildman–Crippen LogP) is 4.34. The third-order valence-electron chi connectivity index (χ3n) is 4.65. The summed E-state index contributed by atoms with van der Waals surface area (Å²) >= 11 is 0. The molecule has 0 spiro atoms. The van der Waals surface area contributed by atoms with Gasteiger partial charge in [0.2, 0.25) is 0 Å². The molecule has 0 aromatic heterocycles. The van der Waals surface area contributed by atoms with Crippen molar-refractivity contribution < 1.29 is 9.53 Å².